The lowest BCUT2D eigenvalue weighted by Crippen LogP contribution is -2.34. The van der Waals surface area contributed by atoms with Gasteiger partial charge in [-0.15, -0.1) is 0 Å². The summed E-state index contributed by atoms with van der Waals surface area (Å²) in [5.41, 5.74) is 2.42. The number of anilines is 1. The molecule has 0 spiro atoms. The van der Waals surface area contributed by atoms with Gasteiger partial charge in [0.2, 0.25) is 17.7 Å². The largest absolute Gasteiger partial charge is 0.475 e. The van der Waals surface area contributed by atoms with Crippen molar-refractivity contribution in [2.75, 3.05) is 5.32 Å². The van der Waals surface area contributed by atoms with Gasteiger partial charge < -0.3 is 15.4 Å². The van der Waals surface area contributed by atoms with E-state index in [1.165, 1.54) is 0 Å². The van der Waals surface area contributed by atoms with Gasteiger partial charge in [0.1, 0.15) is 0 Å². The van der Waals surface area contributed by atoms with Crippen LogP contribution in [0.15, 0.2) is 42.6 Å². The number of hydrogen-bond donors (Lipinski definition) is 2. The maximum Gasteiger partial charge on any atom is 0.228 e. The van der Waals surface area contributed by atoms with Crippen LogP contribution in [0.2, 0.25) is 0 Å². The molecule has 130 valence electrons. The standard InChI is InChI=1S/C19H21N3O3/c1-12(2)25-18-8-7-13(10-20-18)11-21-19(24)15-9-17(23)22-16-6-4-3-5-14(15)16/h3-8,10,12,15H,9,11H2,1-2H3,(H,21,24)(H,22,23). The average Bonchev–Trinajstić information content (AvgIpc) is 2.59. The van der Waals surface area contributed by atoms with Gasteiger partial charge in [-0.25, -0.2) is 4.98 Å². The lowest BCUT2D eigenvalue weighted by molar-refractivity contribution is -0.126. The van der Waals surface area contributed by atoms with Crippen LogP contribution in [-0.4, -0.2) is 22.9 Å². The number of carbonyl (C=O) groups excluding carboxylic acids is 2. The number of benzene rings is 1. The first kappa shape index (κ1) is 17.0. The lowest BCUT2D eigenvalue weighted by atomic mass is 9.90. The van der Waals surface area contributed by atoms with Crippen molar-refractivity contribution in [2.24, 2.45) is 0 Å². The molecular weight excluding hydrogens is 318 g/mol. The summed E-state index contributed by atoms with van der Waals surface area (Å²) in [6.45, 7) is 4.23. The molecule has 0 saturated heterocycles. The molecule has 1 aliphatic heterocycles. The number of carbonyl (C=O) groups is 2. The minimum absolute atomic E-state index is 0.0653. The summed E-state index contributed by atoms with van der Waals surface area (Å²) in [5.74, 6) is -0.218. The molecule has 0 bridgehead atoms. The Bertz CT molecular complexity index is 772. The maximum atomic E-state index is 12.6. The van der Waals surface area contributed by atoms with Gasteiger partial charge in [0.25, 0.3) is 0 Å². The lowest BCUT2D eigenvalue weighted by Gasteiger charge is -2.24. The first-order chi connectivity index (χ1) is 12.0. The van der Waals surface area contributed by atoms with E-state index < -0.39 is 5.92 Å². The highest BCUT2D eigenvalue weighted by Crippen LogP contribution is 2.32. The second kappa shape index (κ2) is 7.34. The second-order valence-corrected chi connectivity index (χ2v) is 6.28. The van der Waals surface area contributed by atoms with Crippen molar-refractivity contribution < 1.29 is 14.3 Å². The minimum atomic E-state index is -0.471. The number of pyridine rings is 1. The van der Waals surface area contributed by atoms with E-state index in [4.69, 9.17) is 4.74 Å². The number of amides is 2. The van der Waals surface area contributed by atoms with Gasteiger partial charge in [-0.2, -0.15) is 0 Å². The molecule has 2 aromatic rings. The molecule has 1 unspecified atom stereocenters. The van der Waals surface area contributed by atoms with E-state index in [9.17, 15) is 9.59 Å². The fourth-order valence-corrected chi connectivity index (χ4v) is 2.78. The van der Waals surface area contributed by atoms with Crippen molar-refractivity contribution in [1.82, 2.24) is 10.3 Å². The van der Waals surface area contributed by atoms with E-state index >= 15 is 0 Å². The highest BCUT2D eigenvalue weighted by atomic mass is 16.5. The van der Waals surface area contributed by atoms with E-state index in [1.807, 2.05) is 44.2 Å². The summed E-state index contributed by atoms with van der Waals surface area (Å²) in [5, 5.41) is 5.69. The Morgan fingerprint density at radius 3 is 2.84 bits per heavy atom. The van der Waals surface area contributed by atoms with E-state index in [0.29, 0.717) is 18.1 Å². The smallest absolute Gasteiger partial charge is 0.228 e. The maximum absolute atomic E-state index is 12.6. The molecule has 2 heterocycles. The molecule has 1 aromatic heterocycles. The van der Waals surface area contributed by atoms with Crippen LogP contribution in [0.4, 0.5) is 5.69 Å². The Labute approximate surface area is 146 Å². The summed E-state index contributed by atoms with van der Waals surface area (Å²) in [7, 11) is 0. The number of hydrogen-bond acceptors (Lipinski definition) is 4. The Hall–Kier alpha value is -2.89. The zero-order valence-corrected chi connectivity index (χ0v) is 14.3. The van der Waals surface area contributed by atoms with Crippen LogP contribution >= 0.6 is 0 Å². The summed E-state index contributed by atoms with van der Waals surface area (Å²) in [4.78, 5) is 28.6. The summed E-state index contributed by atoms with van der Waals surface area (Å²) in [6.07, 6.45) is 1.90. The summed E-state index contributed by atoms with van der Waals surface area (Å²) in [6, 6.07) is 11.0. The van der Waals surface area contributed by atoms with Crippen LogP contribution in [0.1, 0.15) is 37.3 Å². The van der Waals surface area contributed by atoms with Gasteiger partial charge in [0.05, 0.1) is 12.0 Å². The highest BCUT2D eigenvalue weighted by molar-refractivity contribution is 6.01. The van der Waals surface area contributed by atoms with Crippen LogP contribution in [0, 0.1) is 0 Å². The molecule has 0 aliphatic carbocycles. The molecule has 2 N–H and O–H groups in total. The Kier molecular flexibility index (Phi) is 4.97. The van der Waals surface area contributed by atoms with Gasteiger partial charge in [-0.1, -0.05) is 24.3 Å². The van der Waals surface area contributed by atoms with Gasteiger partial charge in [0, 0.05) is 30.9 Å². The molecule has 6 nitrogen and oxygen atoms in total. The Morgan fingerprint density at radius 1 is 1.32 bits per heavy atom. The van der Waals surface area contributed by atoms with Crippen molar-refractivity contribution in [1.29, 1.82) is 0 Å². The molecule has 0 radical (unpaired) electrons. The predicted molar refractivity (Wildman–Crippen MR) is 94.3 cm³/mol. The molecule has 1 atom stereocenters. The number of nitrogens with zero attached hydrogens (tertiary/aromatic N) is 1. The second-order valence-electron chi connectivity index (χ2n) is 6.28. The predicted octanol–water partition coefficient (Wildman–Crippen LogP) is 2.61. The molecule has 0 saturated carbocycles. The van der Waals surface area contributed by atoms with E-state index in [-0.39, 0.29) is 24.3 Å². The van der Waals surface area contributed by atoms with Crippen LogP contribution < -0.4 is 15.4 Å². The molecule has 6 heteroatoms. The monoisotopic (exact) mass is 339 g/mol. The van der Waals surface area contributed by atoms with Crippen molar-refractivity contribution in [3.05, 3.63) is 53.7 Å². The van der Waals surface area contributed by atoms with Crippen LogP contribution in [0.3, 0.4) is 0 Å². The topological polar surface area (TPSA) is 80.3 Å². The van der Waals surface area contributed by atoms with Crippen LogP contribution in [0.25, 0.3) is 0 Å². The van der Waals surface area contributed by atoms with Crippen molar-refractivity contribution >= 4 is 17.5 Å². The zero-order chi connectivity index (χ0) is 17.8. The van der Waals surface area contributed by atoms with Crippen molar-refractivity contribution in [2.45, 2.75) is 38.8 Å². The quantitative estimate of drug-likeness (QED) is 0.877. The zero-order valence-electron chi connectivity index (χ0n) is 14.3. The normalized spacial score (nSPS) is 16.1. The van der Waals surface area contributed by atoms with Crippen LogP contribution in [-0.2, 0) is 16.1 Å². The Morgan fingerprint density at radius 2 is 2.12 bits per heavy atom. The average molecular weight is 339 g/mol. The third kappa shape index (κ3) is 4.15. The van der Waals surface area contributed by atoms with Gasteiger partial charge in [-0.3, -0.25) is 9.59 Å². The molecule has 0 fully saturated rings. The summed E-state index contributed by atoms with van der Waals surface area (Å²) < 4.78 is 5.50. The molecule has 1 aromatic carbocycles. The fraction of sp³-hybridized carbons (Fsp3) is 0.316. The SMILES string of the molecule is CC(C)Oc1ccc(CNC(=O)C2CC(=O)Nc3ccccc32)cn1. The number of nitrogens with one attached hydrogen (secondary N) is 2. The molecular formula is C19H21N3O3. The van der Waals surface area contributed by atoms with Gasteiger partial charge >= 0.3 is 0 Å². The molecule has 25 heavy (non-hydrogen) atoms. The Balaban J connectivity index is 1.64. The van der Waals surface area contributed by atoms with Gasteiger partial charge in [0.15, 0.2) is 0 Å². The molecule has 1 aliphatic rings. The molecule has 3 rings (SSSR count). The van der Waals surface area contributed by atoms with Crippen molar-refractivity contribution in [3.63, 3.8) is 0 Å². The molecule has 2 amide bonds. The number of rotatable bonds is 5. The van der Waals surface area contributed by atoms with E-state index in [1.54, 1.807) is 12.3 Å². The van der Waals surface area contributed by atoms with E-state index in [0.717, 1.165) is 11.1 Å². The van der Waals surface area contributed by atoms with E-state index in [2.05, 4.69) is 15.6 Å². The summed E-state index contributed by atoms with van der Waals surface area (Å²) >= 11 is 0. The third-order valence-corrected chi connectivity index (χ3v) is 3.94. The van der Waals surface area contributed by atoms with Crippen molar-refractivity contribution in [3.8, 4) is 5.88 Å². The van der Waals surface area contributed by atoms with Gasteiger partial charge in [-0.05, 0) is 31.0 Å². The first-order valence-corrected chi connectivity index (χ1v) is 8.31. The number of ether oxygens (including phenoxy) is 1. The first-order valence-electron chi connectivity index (χ1n) is 8.31. The number of fused-ring (bicyclic) bond motifs is 1. The highest BCUT2D eigenvalue weighted by Gasteiger charge is 2.30. The fourth-order valence-electron chi connectivity index (χ4n) is 2.78. The third-order valence-electron chi connectivity index (χ3n) is 3.94. The number of aromatic nitrogens is 1. The minimum Gasteiger partial charge on any atom is -0.475 e. The van der Waals surface area contributed by atoms with Crippen LogP contribution in [0.5, 0.6) is 5.88 Å². The number of para-hydroxylation sites is 1.